The van der Waals surface area contributed by atoms with Gasteiger partial charge in [-0.2, -0.15) is 5.10 Å². The second kappa shape index (κ2) is 7.23. The van der Waals surface area contributed by atoms with Gasteiger partial charge in [0.25, 0.3) is 0 Å². The normalized spacial score (nSPS) is 20.6. The number of aromatic nitrogens is 2. The predicted octanol–water partition coefficient (Wildman–Crippen LogP) is 3.42. The maximum atomic E-state index is 6.45. The Morgan fingerprint density at radius 3 is 2.70 bits per heavy atom. The van der Waals surface area contributed by atoms with E-state index in [0.29, 0.717) is 19.3 Å². The van der Waals surface area contributed by atoms with Crippen molar-refractivity contribution in [2.24, 2.45) is 5.73 Å². The second-order valence-electron chi connectivity index (χ2n) is 6.31. The number of rotatable bonds is 6. The lowest BCUT2D eigenvalue weighted by atomic mass is 9.93. The standard InChI is InChI=1S/C16H29N3O/c1-3-14(2)19-11-8-15(18-19)12-20-13-16(17)9-6-4-5-7-10-16/h8,11,14H,3-7,9-10,12-13,17H2,1-2H3. The number of nitrogens with zero attached hydrogens (tertiary/aromatic N) is 2. The predicted molar refractivity (Wildman–Crippen MR) is 81.5 cm³/mol. The summed E-state index contributed by atoms with van der Waals surface area (Å²) in [7, 11) is 0. The SMILES string of the molecule is CCC(C)n1ccc(COCC2(N)CCCCCC2)n1. The fourth-order valence-corrected chi connectivity index (χ4v) is 2.82. The molecule has 0 bridgehead atoms. The van der Waals surface area contributed by atoms with E-state index in [0.717, 1.165) is 25.0 Å². The zero-order valence-electron chi connectivity index (χ0n) is 13.0. The van der Waals surface area contributed by atoms with Gasteiger partial charge in [-0.25, -0.2) is 0 Å². The molecule has 0 aromatic carbocycles. The highest BCUT2D eigenvalue weighted by molar-refractivity contribution is 4.98. The highest BCUT2D eigenvalue weighted by Gasteiger charge is 2.26. The summed E-state index contributed by atoms with van der Waals surface area (Å²) >= 11 is 0. The van der Waals surface area contributed by atoms with Crippen LogP contribution in [0.5, 0.6) is 0 Å². The first kappa shape index (κ1) is 15.5. The number of hydrogen-bond donors (Lipinski definition) is 1. The van der Waals surface area contributed by atoms with Crippen molar-refractivity contribution >= 4 is 0 Å². The molecule has 0 saturated heterocycles. The summed E-state index contributed by atoms with van der Waals surface area (Å²) in [6, 6.07) is 2.49. The second-order valence-corrected chi connectivity index (χ2v) is 6.31. The van der Waals surface area contributed by atoms with Gasteiger partial charge in [0.1, 0.15) is 0 Å². The van der Waals surface area contributed by atoms with E-state index < -0.39 is 0 Å². The maximum absolute atomic E-state index is 6.45. The van der Waals surface area contributed by atoms with Crippen LogP contribution in [0.15, 0.2) is 12.3 Å². The lowest BCUT2D eigenvalue weighted by molar-refractivity contribution is 0.0645. The molecule has 4 heteroatoms. The van der Waals surface area contributed by atoms with Crippen LogP contribution in [-0.2, 0) is 11.3 Å². The molecule has 1 fully saturated rings. The third-order valence-corrected chi connectivity index (χ3v) is 4.44. The smallest absolute Gasteiger partial charge is 0.0907 e. The molecule has 0 aliphatic heterocycles. The Bertz CT molecular complexity index is 394. The summed E-state index contributed by atoms with van der Waals surface area (Å²) in [6.45, 7) is 5.58. The molecular formula is C16H29N3O. The first-order valence-electron chi connectivity index (χ1n) is 8.03. The number of nitrogens with two attached hydrogens (primary N) is 1. The molecule has 114 valence electrons. The average molecular weight is 279 g/mol. The van der Waals surface area contributed by atoms with Crippen LogP contribution < -0.4 is 5.73 Å². The third kappa shape index (κ3) is 4.32. The van der Waals surface area contributed by atoms with E-state index >= 15 is 0 Å². The molecule has 2 N–H and O–H groups in total. The van der Waals surface area contributed by atoms with E-state index in [1.165, 1.54) is 25.7 Å². The summed E-state index contributed by atoms with van der Waals surface area (Å²) in [5.74, 6) is 0. The molecule has 1 unspecified atom stereocenters. The van der Waals surface area contributed by atoms with Crippen LogP contribution >= 0.6 is 0 Å². The molecule has 1 aromatic rings. The molecule has 0 radical (unpaired) electrons. The van der Waals surface area contributed by atoms with Gasteiger partial charge in [-0.05, 0) is 32.3 Å². The molecule has 2 rings (SSSR count). The van der Waals surface area contributed by atoms with E-state index in [4.69, 9.17) is 10.5 Å². The van der Waals surface area contributed by atoms with E-state index in [-0.39, 0.29) is 5.54 Å². The molecule has 1 aromatic heterocycles. The molecule has 1 atom stereocenters. The molecule has 1 aliphatic rings. The molecule has 20 heavy (non-hydrogen) atoms. The van der Waals surface area contributed by atoms with Crippen LogP contribution in [0.25, 0.3) is 0 Å². The van der Waals surface area contributed by atoms with Crippen molar-refractivity contribution in [3.63, 3.8) is 0 Å². The fourth-order valence-electron chi connectivity index (χ4n) is 2.82. The van der Waals surface area contributed by atoms with Crippen LogP contribution in [-0.4, -0.2) is 21.9 Å². The monoisotopic (exact) mass is 279 g/mol. The summed E-state index contributed by atoms with van der Waals surface area (Å²) in [5, 5.41) is 4.56. The lowest BCUT2D eigenvalue weighted by Crippen LogP contribution is -2.43. The van der Waals surface area contributed by atoms with Gasteiger partial charge in [0, 0.05) is 17.8 Å². The Kier molecular flexibility index (Phi) is 5.61. The van der Waals surface area contributed by atoms with Crippen molar-refractivity contribution in [1.29, 1.82) is 0 Å². The first-order chi connectivity index (χ1) is 9.63. The summed E-state index contributed by atoms with van der Waals surface area (Å²) < 4.78 is 7.86. The van der Waals surface area contributed by atoms with Crippen molar-refractivity contribution < 1.29 is 4.74 Å². The van der Waals surface area contributed by atoms with Gasteiger partial charge < -0.3 is 10.5 Å². The highest BCUT2D eigenvalue weighted by Crippen LogP contribution is 2.25. The van der Waals surface area contributed by atoms with Crippen LogP contribution in [0.3, 0.4) is 0 Å². The third-order valence-electron chi connectivity index (χ3n) is 4.44. The molecular weight excluding hydrogens is 250 g/mol. The van der Waals surface area contributed by atoms with Crippen molar-refractivity contribution in [2.75, 3.05) is 6.61 Å². The van der Waals surface area contributed by atoms with E-state index in [9.17, 15) is 0 Å². The van der Waals surface area contributed by atoms with Gasteiger partial charge in [-0.15, -0.1) is 0 Å². The van der Waals surface area contributed by atoms with Gasteiger partial charge in [0.15, 0.2) is 0 Å². The van der Waals surface area contributed by atoms with E-state index in [2.05, 4.69) is 18.9 Å². The van der Waals surface area contributed by atoms with Gasteiger partial charge in [0.05, 0.1) is 18.9 Å². The molecule has 1 saturated carbocycles. The topological polar surface area (TPSA) is 53.1 Å². The zero-order chi connectivity index (χ0) is 14.4. The van der Waals surface area contributed by atoms with Gasteiger partial charge in [0.2, 0.25) is 0 Å². The van der Waals surface area contributed by atoms with Crippen molar-refractivity contribution in [3.05, 3.63) is 18.0 Å². The Balaban J connectivity index is 1.78. The largest absolute Gasteiger partial charge is 0.373 e. The summed E-state index contributed by atoms with van der Waals surface area (Å²) in [6.07, 6.45) is 10.4. The number of ether oxygens (including phenoxy) is 1. The molecule has 1 heterocycles. The maximum Gasteiger partial charge on any atom is 0.0907 e. The average Bonchev–Trinajstić information content (AvgIpc) is 2.80. The Morgan fingerprint density at radius 2 is 2.05 bits per heavy atom. The zero-order valence-corrected chi connectivity index (χ0v) is 13.0. The van der Waals surface area contributed by atoms with Crippen molar-refractivity contribution in [1.82, 2.24) is 9.78 Å². The lowest BCUT2D eigenvalue weighted by Gasteiger charge is -2.27. The molecule has 0 spiro atoms. The summed E-state index contributed by atoms with van der Waals surface area (Å²) in [4.78, 5) is 0. The van der Waals surface area contributed by atoms with Crippen LogP contribution in [0.2, 0.25) is 0 Å². The quantitative estimate of drug-likeness (QED) is 0.812. The molecule has 4 nitrogen and oxygen atoms in total. The van der Waals surface area contributed by atoms with E-state index in [1.807, 2.05) is 16.9 Å². The Morgan fingerprint density at radius 1 is 1.35 bits per heavy atom. The van der Waals surface area contributed by atoms with Crippen molar-refractivity contribution in [3.8, 4) is 0 Å². The highest BCUT2D eigenvalue weighted by atomic mass is 16.5. The minimum atomic E-state index is -0.115. The number of hydrogen-bond acceptors (Lipinski definition) is 3. The molecule has 0 amide bonds. The van der Waals surface area contributed by atoms with Gasteiger partial charge in [-0.1, -0.05) is 32.6 Å². The first-order valence-corrected chi connectivity index (χ1v) is 8.03. The van der Waals surface area contributed by atoms with Crippen LogP contribution in [0, 0.1) is 0 Å². The Hall–Kier alpha value is -0.870. The minimum Gasteiger partial charge on any atom is -0.373 e. The Labute approximate surface area is 122 Å². The molecule has 1 aliphatic carbocycles. The minimum absolute atomic E-state index is 0.115. The van der Waals surface area contributed by atoms with Gasteiger partial charge in [-0.3, -0.25) is 4.68 Å². The van der Waals surface area contributed by atoms with Crippen LogP contribution in [0.4, 0.5) is 0 Å². The fraction of sp³-hybridized carbons (Fsp3) is 0.812. The van der Waals surface area contributed by atoms with Gasteiger partial charge >= 0.3 is 0 Å². The van der Waals surface area contributed by atoms with E-state index in [1.54, 1.807) is 0 Å². The summed E-state index contributed by atoms with van der Waals surface area (Å²) in [5.41, 5.74) is 7.33. The van der Waals surface area contributed by atoms with Crippen molar-refractivity contribution in [2.45, 2.75) is 77.0 Å². The van der Waals surface area contributed by atoms with Crippen LogP contribution in [0.1, 0.15) is 70.5 Å².